The molecular weight excluding hydrogens is 484 g/mol. The summed E-state index contributed by atoms with van der Waals surface area (Å²) in [5, 5.41) is 22.0. The van der Waals surface area contributed by atoms with Crippen LogP contribution in [0.15, 0.2) is 72.8 Å². The smallest absolute Gasteiger partial charge is 0.246 e. The van der Waals surface area contributed by atoms with Crippen molar-refractivity contribution in [1.29, 1.82) is 0 Å². The lowest BCUT2D eigenvalue weighted by Crippen LogP contribution is -2.63. The van der Waals surface area contributed by atoms with Crippen molar-refractivity contribution in [3.63, 3.8) is 0 Å². The molecule has 2 aliphatic heterocycles. The standard InChI is InChI=1S/C29H27N4O5/c1-38-21-11-9-18(10-12-21)13-14-31-17-26(34)32-25(29(31)35)16-23-22-7-2-3-8-24(22)30-27(23)28(32)19-5-4-6-20(15-19)33(36)37/h2-12,15,25,28,30,36H,13-14,16-17H2,1H3/q-1/t25-,28?/m0/s1. The van der Waals surface area contributed by atoms with Crippen molar-refractivity contribution >= 4 is 28.4 Å². The lowest BCUT2D eigenvalue weighted by atomic mass is 9.86. The van der Waals surface area contributed by atoms with Crippen LogP contribution in [0.1, 0.15) is 28.4 Å². The zero-order valence-corrected chi connectivity index (χ0v) is 20.8. The number of nitrogens with one attached hydrogen (secondary N) is 1. The molecule has 0 aliphatic carbocycles. The van der Waals surface area contributed by atoms with Crippen molar-refractivity contribution in [2.24, 2.45) is 0 Å². The summed E-state index contributed by atoms with van der Waals surface area (Å²) in [5.74, 6) is 0.511. The van der Waals surface area contributed by atoms with Gasteiger partial charge in [0.15, 0.2) is 0 Å². The van der Waals surface area contributed by atoms with E-state index >= 15 is 0 Å². The first kappa shape index (κ1) is 24.0. The molecule has 38 heavy (non-hydrogen) atoms. The number of anilines is 1. The first-order valence-corrected chi connectivity index (χ1v) is 12.5. The first-order valence-electron chi connectivity index (χ1n) is 12.5. The second-order valence-electron chi connectivity index (χ2n) is 9.71. The number of methoxy groups -OCH3 is 1. The highest BCUT2D eigenvalue weighted by Crippen LogP contribution is 2.43. The third-order valence-electron chi connectivity index (χ3n) is 7.58. The fourth-order valence-electron chi connectivity index (χ4n) is 5.73. The highest BCUT2D eigenvalue weighted by atomic mass is 16.8. The molecule has 1 saturated heterocycles. The number of benzene rings is 3. The Kier molecular flexibility index (Phi) is 6.01. The molecule has 0 saturated carbocycles. The van der Waals surface area contributed by atoms with Crippen LogP contribution in [0, 0.1) is 5.21 Å². The molecule has 2 N–H and O–H groups in total. The Morgan fingerprint density at radius 2 is 1.87 bits per heavy atom. The van der Waals surface area contributed by atoms with E-state index in [1.165, 1.54) is 6.07 Å². The second-order valence-corrected chi connectivity index (χ2v) is 9.71. The molecule has 2 amide bonds. The molecular formula is C29H27N4O5-. The molecule has 1 unspecified atom stereocenters. The maximum atomic E-state index is 13.9. The molecule has 0 radical (unpaired) electrons. The van der Waals surface area contributed by atoms with Gasteiger partial charge >= 0.3 is 0 Å². The van der Waals surface area contributed by atoms with Crippen LogP contribution in [0.25, 0.3) is 10.9 Å². The number of hydrogen-bond acceptors (Lipinski definition) is 6. The zero-order valence-electron chi connectivity index (χ0n) is 20.8. The molecule has 4 aromatic rings. The number of rotatable bonds is 6. The summed E-state index contributed by atoms with van der Waals surface area (Å²) in [6.07, 6.45) is 1.02. The van der Waals surface area contributed by atoms with Crippen LogP contribution in [0.3, 0.4) is 0 Å². The van der Waals surface area contributed by atoms with Gasteiger partial charge in [-0.2, -0.15) is 0 Å². The van der Waals surface area contributed by atoms with Gasteiger partial charge in [0.25, 0.3) is 0 Å². The van der Waals surface area contributed by atoms with Crippen LogP contribution in [-0.2, 0) is 22.4 Å². The molecule has 6 rings (SSSR count). The Balaban J connectivity index is 1.37. The number of para-hydroxylation sites is 1. The van der Waals surface area contributed by atoms with Crippen LogP contribution in [-0.4, -0.2) is 58.0 Å². The van der Waals surface area contributed by atoms with Gasteiger partial charge in [-0.25, -0.2) is 0 Å². The van der Waals surface area contributed by atoms with Gasteiger partial charge in [0.05, 0.1) is 25.4 Å². The summed E-state index contributed by atoms with van der Waals surface area (Å²) in [4.78, 5) is 34.3. The van der Waals surface area contributed by atoms with E-state index in [4.69, 9.17) is 4.74 Å². The van der Waals surface area contributed by atoms with E-state index in [-0.39, 0.29) is 29.3 Å². The van der Waals surface area contributed by atoms with Gasteiger partial charge in [-0.05, 0) is 53.4 Å². The van der Waals surface area contributed by atoms with Crippen molar-refractivity contribution in [3.05, 3.63) is 100 Å². The Labute approximate surface area is 219 Å². The minimum Gasteiger partial charge on any atom is -0.733 e. The number of nitrogens with zero attached hydrogens (tertiary/aromatic N) is 3. The highest BCUT2D eigenvalue weighted by Gasteiger charge is 2.48. The molecule has 9 nitrogen and oxygen atoms in total. The van der Waals surface area contributed by atoms with Gasteiger partial charge in [0, 0.05) is 29.6 Å². The predicted molar refractivity (Wildman–Crippen MR) is 142 cm³/mol. The number of hydrogen-bond donors (Lipinski definition) is 2. The van der Waals surface area contributed by atoms with Crippen molar-refractivity contribution in [3.8, 4) is 5.75 Å². The van der Waals surface area contributed by atoms with E-state index in [9.17, 15) is 20.0 Å². The Hall–Kier alpha value is -4.34. The summed E-state index contributed by atoms with van der Waals surface area (Å²) in [6, 6.07) is 20.8. The Morgan fingerprint density at radius 1 is 1.08 bits per heavy atom. The van der Waals surface area contributed by atoms with E-state index in [0.717, 1.165) is 33.5 Å². The van der Waals surface area contributed by atoms with Gasteiger partial charge in [-0.1, -0.05) is 42.5 Å². The molecule has 3 heterocycles. The van der Waals surface area contributed by atoms with Crippen molar-refractivity contribution in [2.75, 3.05) is 25.4 Å². The van der Waals surface area contributed by atoms with Crippen LogP contribution < -0.4 is 9.96 Å². The van der Waals surface area contributed by atoms with Gasteiger partial charge in [-0.15, -0.1) is 0 Å². The van der Waals surface area contributed by atoms with Crippen molar-refractivity contribution in [1.82, 2.24) is 14.8 Å². The highest BCUT2D eigenvalue weighted by molar-refractivity contribution is 5.97. The minimum absolute atomic E-state index is 0.0229. The second kappa shape index (κ2) is 9.51. The average Bonchev–Trinajstić information content (AvgIpc) is 3.31. The summed E-state index contributed by atoms with van der Waals surface area (Å²) >= 11 is 0. The number of carbonyl (C=O) groups excluding carboxylic acids is 2. The molecule has 1 aromatic heterocycles. The normalized spacial score (nSPS) is 18.9. The molecule has 1 fully saturated rings. The number of fused-ring (bicyclic) bond motifs is 4. The molecule has 3 aromatic carbocycles. The summed E-state index contributed by atoms with van der Waals surface area (Å²) in [6.45, 7) is 0.405. The number of amides is 2. The van der Waals surface area contributed by atoms with Crippen LogP contribution in [0.5, 0.6) is 5.75 Å². The van der Waals surface area contributed by atoms with E-state index in [2.05, 4.69) is 4.98 Å². The lowest BCUT2D eigenvalue weighted by molar-refractivity contribution is -0.158. The largest absolute Gasteiger partial charge is 0.733 e. The van der Waals surface area contributed by atoms with Gasteiger partial charge in [0.2, 0.25) is 11.8 Å². The van der Waals surface area contributed by atoms with E-state index in [1.807, 2.05) is 54.6 Å². The fraction of sp³-hybridized carbons (Fsp3) is 0.241. The van der Waals surface area contributed by atoms with Gasteiger partial charge < -0.3 is 30.0 Å². The molecule has 9 heteroatoms. The average molecular weight is 512 g/mol. The van der Waals surface area contributed by atoms with Crippen LogP contribution in [0.2, 0.25) is 0 Å². The molecule has 2 atom stereocenters. The van der Waals surface area contributed by atoms with Gasteiger partial charge in [0.1, 0.15) is 11.8 Å². The SMILES string of the molecule is COc1ccc(CCN2CC(=O)N3C(c4cccc(N([O-])O)c4)c4[nH]c5ccccc5c4C[C@H]3C2=O)cc1. The molecule has 2 aliphatic rings. The number of aromatic nitrogens is 1. The topological polar surface area (TPSA) is 112 Å². The van der Waals surface area contributed by atoms with E-state index < -0.39 is 12.1 Å². The maximum absolute atomic E-state index is 13.9. The summed E-state index contributed by atoms with van der Waals surface area (Å²) in [7, 11) is 1.62. The van der Waals surface area contributed by atoms with Crippen LogP contribution >= 0.6 is 0 Å². The van der Waals surface area contributed by atoms with Gasteiger partial charge in [-0.3, -0.25) is 14.8 Å². The van der Waals surface area contributed by atoms with Crippen LogP contribution in [0.4, 0.5) is 5.69 Å². The lowest BCUT2D eigenvalue weighted by Gasteiger charge is -2.47. The molecule has 0 bridgehead atoms. The fourth-order valence-corrected chi connectivity index (χ4v) is 5.73. The monoisotopic (exact) mass is 511 g/mol. The predicted octanol–water partition coefficient (Wildman–Crippen LogP) is 3.80. The number of ether oxygens (including phenoxy) is 1. The van der Waals surface area contributed by atoms with Crippen molar-refractivity contribution < 1.29 is 19.5 Å². The third-order valence-corrected chi connectivity index (χ3v) is 7.58. The van der Waals surface area contributed by atoms with E-state index in [0.29, 0.717) is 24.9 Å². The number of H-pyrrole nitrogens is 1. The third kappa shape index (κ3) is 4.06. The number of aromatic amines is 1. The summed E-state index contributed by atoms with van der Waals surface area (Å²) in [5.41, 5.74) is 4.47. The van der Waals surface area contributed by atoms with E-state index in [1.54, 1.807) is 29.0 Å². The Morgan fingerprint density at radius 3 is 2.63 bits per heavy atom. The number of carbonyl (C=O) groups is 2. The minimum atomic E-state index is -0.676. The van der Waals surface area contributed by atoms with Crippen molar-refractivity contribution in [2.45, 2.75) is 24.9 Å². The Bertz CT molecular complexity index is 1510. The quantitative estimate of drug-likeness (QED) is 0.381. The molecule has 194 valence electrons. The summed E-state index contributed by atoms with van der Waals surface area (Å²) < 4.78 is 5.22. The maximum Gasteiger partial charge on any atom is 0.246 e. The number of piperazine rings is 1. The zero-order chi connectivity index (χ0) is 26.4. The molecule has 0 spiro atoms. The first-order chi connectivity index (χ1) is 18.4.